The van der Waals surface area contributed by atoms with Gasteiger partial charge in [0.1, 0.15) is 0 Å². The summed E-state index contributed by atoms with van der Waals surface area (Å²) in [6.45, 7) is 1.46. The van der Waals surface area contributed by atoms with Crippen molar-refractivity contribution in [3.63, 3.8) is 0 Å². The van der Waals surface area contributed by atoms with Crippen molar-refractivity contribution in [1.82, 2.24) is 5.32 Å². The highest BCUT2D eigenvalue weighted by Gasteiger charge is 2.32. The standard InChI is InChI=1S/C10H17NO/c12-7-8-5-6-11-10-4-2-1-3-9(8)10/h1-2,8-12H,3-7H2/t8?,9-,10?/m1/s1. The molecular formula is C10H17NO. The second kappa shape index (κ2) is 3.58. The summed E-state index contributed by atoms with van der Waals surface area (Å²) in [5.74, 6) is 1.23. The minimum Gasteiger partial charge on any atom is -0.396 e. The molecule has 0 aromatic rings. The molecule has 2 nitrogen and oxygen atoms in total. The van der Waals surface area contributed by atoms with E-state index in [-0.39, 0.29) is 0 Å². The van der Waals surface area contributed by atoms with E-state index in [0.29, 0.717) is 24.5 Å². The van der Waals surface area contributed by atoms with Crippen molar-refractivity contribution in [3.8, 4) is 0 Å². The molecule has 2 N–H and O–H groups in total. The first-order chi connectivity index (χ1) is 5.92. The van der Waals surface area contributed by atoms with E-state index < -0.39 is 0 Å². The Morgan fingerprint density at radius 2 is 2.17 bits per heavy atom. The van der Waals surface area contributed by atoms with Crippen LogP contribution in [0.3, 0.4) is 0 Å². The lowest BCUT2D eigenvalue weighted by atomic mass is 9.75. The number of hydrogen-bond acceptors (Lipinski definition) is 2. The van der Waals surface area contributed by atoms with E-state index in [0.717, 1.165) is 25.8 Å². The summed E-state index contributed by atoms with van der Waals surface area (Å²) in [5.41, 5.74) is 0. The van der Waals surface area contributed by atoms with Gasteiger partial charge in [0.15, 0.2) is 0 Å². The number of allylic oxidation sites excluding steroid dienone is 1. The maximum Gasteiger partial charge on any atom is 0.0463 e. The molecule has 2 rings (SSSR count). The summed E-state index contributed by atoms with van der Waals surface area (Å²) >= 11 is 0. The highest BCUT2D eigenvalue weighted by atomic mass is 16.3. The maximum absolute atomic E-state index is 9.18. The highest BCUT2D eigenvalue weighted by molar-refractivity contribution is 5.01. The first-order valence-corrected chi connectivity index (χ1v) is 4.91. The predicted octanol–water partition coefficient (Wildman–Crippen LogP) is 0.923. The Morgan fingerprint density at radius 3 is 3.00 bits per heavy atom. The van der Waals surface area contributed by atoms with Gasteiger partial charge in [-0.2, -0.15) is 0 Å². The zero-order valence-electron chi connectivity index (χ0n) is 7.37. The van der Waals surface area contributed by atoms with Crippen molar-refractivity contribution in [2.75, 3.05) is 13.2 Å². The molecule has 0 bridgehead atoms. The van der Waals surface area contributed by atoms with Crippen LogP contribution in [0.5, 0.6) is 0 Å². The summed E-state index contributed by atoms with van der Waals surface area (Å²) in [4.78, 5) is 0. The molecular weight excluding hydrogens is 150 g/mol. The largest absolute Gasteiger partial charge is 0.396 e. The number of nitrogens with one attached hydrogen (secondary N) is 1. The molecule has 2 unspecified atom stereocenters. The minimum atomic E-state index is 0.372. The average Bonchev–Trinajstić information content (AvgIpc) is 2.17. The third-order valence-corrected chi connectivity index (χ3v) is 3.24. The Morgan fingerprint density at radius 1 is 1.33 bits per heavy atom. The van der Waals surface area contributed by atoms with Gasteiger partial charge in [-0.25, -0.2) is 0 Å². The summed E-state index contributed by atoms with van der Waals surface area (Å²) in [5, 5.41) is 12.7. The zero-order valence-corrected chi connectivity index (χ0v) is 7.37. The number of fused-ring (bicyclic) bond motifs is 1. The lowest BCUT2D eigenvalue weighted by Crippen LogP contribution is -2.47. The fraction of sp³-hybridized carbons (Fsp3) is 0.800. The van der Waals surface area contributed by atoms with Gasteiger partial charge in [-0.3, -0.25) is 0 Å². The smallest absolute Gasteiger partial charge is 0.0463 e. The Labute approximate surface area is 73.7 Å². The maximum atomic E-state index is 9.18. The molecule has 0 aromatic heterocycles. The van der Waals surface area contributed by atoms with Crippen LogP contribution in [0.1, 0.15) is 19.3 Å². The SMILES string of the molecule is OCC1CCNC2CC=CC[C@H]12. The first-order valence-electron chi connectivity index (χ1n) is 4.91. The van der Waals surface area contributed by atoms with Gasteiger partial charge in [-0.1, -0.05) is 12.2 Å². The van der Waals surface area contributed by atoms with Crippen LogP contribution in [0.4, 0.5) is 0 Å². The van der Waals surface area contributed by atoms with Gasteiger partial charge in [-0.15, -0.1) is 0 Å². The van der Waals surface area contributed by atoms with E-state index in [1.165, 1.54) is 0 Å². The quantitative estimate of drug-likeness (QED) is 0.569. The molecule has 1 heterocycles. The van der Waals surface area contributed by atoms with Crippen molar-refractivity contribution < 1.29 is 5.11 Å². The van der Waals surface area contributed by atoms with Gasteiger partial charge >= 0.3 is 0 Å². The normalized spacial score (nSPS) is 40.9. The van der Waals surface area contributed by atoms with Crippen LogP contribution in [-0.4, -0.2) is 24.3 Å². The van der Waals surface area contributed by atoms with Crippen LogP contribution >= 0.6 is 0 Å². The number of hydrogen-bond donors (Lipinski definition) is 2. The summed E-state index contributed by atoms with van der Waals surface area (Å²) in [6, 6.07) is 0.640. The van der Waals surface area contributed by atoms with E-state index in [2.05, 4.69) is 17.5 Å². The van der Waals surface area contributed by atoms with Crippen LogP contribution in [0.2, 0.25) is 0 Å². The van der Waals surface area contributed by atoms with Crippen molar-refractivity contribution in [2.24, 2.45) is 11.8 Å². The number of aliphatic hydroxyl groups excluding tert-OH is 1. The molecule has 1 aliphatic heterocycles. The van der Waals surface area contributed by atoms with Gasteiger partial charge in [0.25, 0.3) is 0 Å². The van der Waals surface area contributed by atoms with Gasteiger partial charge in [0.05, 0.1) is 0 Å². The molecule has 1 saturated heterocycles. The van der Waals surface area contributed by atoms with E-state index in [9.17, 15) is 5.11 Å². The Hall–Kier alpha value is -0.340. The Kier molecular flexibility index (Phi) is 2.47. The van der Waals surface area contributed by atoms with E-state index in [1.54, 1.807) is 0 Å². The fourth-order valence-electron chi connectivity index (χ4n) is 2.49. The molecule has 0 aromatic carbocycles. The van der Waals surface area contributed by atoms with Crippen LogP contribution < -0.4 is 5.32 Å². The zero-order chi connectivity index (χ0) is 8.39. The third-order valence-electron chi connectivity index (χ3n) is 3.24. The summed E-state index contributed by atoms with van der Waals surface area (Å²) in [7, 11) is 0. The van der Waals surface area contributed by atoms with Crippen molar-refractivity contribution in [3.05, 3.63) is 12.2 Å². The monoisotopic (exact) mass is 167 g/mol. The van der Waals surface area contributed by atoms with Gasteiger partial charge < -0.3 is 10.4 Å². The van der Waals surface area contributed by atoms with Crippen molar-refractivity contribution in [1.29, 1.82) is 0 Å². The molecule has 0 amide bonds. The third kappa shape index (κ3) is 1.41. The molecule has 2 heteroatoms. The van der Waals surface area contributed by atoms with Crippen LogP contribution in [-0.2, 0) is 0 Å². The molecule has 1 aliphatic carbocycles. The van der Waals surface area contributed by atoms with E-state index in [4.69, 9.17) is 0 Å². The second-order valence-corrected chi connectivity index (χ2v) is 3.90. The van der Waals surface area contributed by atoms with Crippen molar-refractivity contribution in [2.45, 2.75) is 25.3 Å². The lowest BCUT2D eigenvalue weighted by molar-refractivity contribution is 0.110. The van der Waals surface area contributed by atoms with Gasteiger partial charge in [0, 0.05) is 12.6 Å². The topological polar surface area (TPSA) is 32.3 Å². The van der Waals surface area contributed by atoms with Crippen LogP contribution in [0.25, 0.3) is 0 Å². The Balaban J connectivity index is 2.05. The number of rotatable bonds is 1. The minimum absolute atomic E-state index is 0.372. The molecule has 1 fully saturated rings. The van der Waals surface area contributed by atoms with Gasteiger partial charge in [-0.05, 0) is 37.6 Å². The summed E-state index contributed by atoms with van der Waals surface area (Å²) < 4.78 is 0. The van der Waals surface area contributed by atoms with E-state index >= 15 is 0 Å². The molecule has 0 spiro atoms. The number of piperidine rings is 1. The average molecular weight is 167 g/mol. The van der Waals surface area contributed by atoms with Crippen LogP contribution in [0, 0.1) is 11.8 Å². The van der Waals surface area contributed by atoms with Crippen molar-refractivity contribution >= 4 is 0 Å². The molecule has 12 heavy (non-hydrogen) atoms. The predicted molar refractivity (Wildman–Crippen MR) is 48.8 cm³/mol. The molecule has 0 saturated carbocycles. The van der Waals surface area contributed by atoms with E-state index in [1.807, 2.05) is 0 Å². The number of aliphatic hydroxyl groups is 1. The highest BCUT2D eigenvalue weighted by Crippen LogP contribution is 2.31. The fourth-order valence-corrected chi connectivity index (χ4v) is 2.49. The first kappa shape index (κ1) is 8.27. The Bertz CT molecular complexity index is 179. The summed E-state index contributed by atoms with van der Waals surface area (Å²) in [6.07, 6.45) is 7.97. The van der Waals surface area contributed by atoms with Gasteiger partial charge in [0.2, 0.25) is 0 Å². The van der Waals surface area contributed by atoms with Crippen LogP contribution in [0.15, 0.2) is 12.2 Å². The lowest BCUT2D eigenvalue weighted by Gasteiger charge is -2.39. The molecule has 3 atom stereocenters. The second-order valence-electron chi connectivity index (χ2n) is 3.90. The molecule has 68 valence electrons. The molecule has 0 radical (unpaired) electrons. The molecule has 2 aliphatic rings.